The molecule has 1 fully saturated rings. The van der Waals surface area contributed by atoms with Crippen LogP contribution in [-0.4, -0.2) is 34.9 Å². The average Bonchev–Trinajstić information content (AvgIpc) is 2.89. The molecule has 0 radical (unpaired) electrons. The SMILES string of the molecule is CC1(C(=O)O)CCCCN1Cc1ccc2c(c1)OCO2. The minimum absolute atomic E-state index is 0.259. The van der Waals surface area contributed by atoms with Crippen LogP contribution in [0.5, 0.6) is 11.5 Å². The zero-order valence-electron chi connectivity index (χ0n) is 11.6. The van der Waals surface area contributed by atoms with Crippen LogP contribution in [0, 0.1) is 0 Å². The van der Waals surface area contributed by atoms with E-state index in [1.54, 1.807) is 0 Å². The lowest BCUT2D eigenvalue weighted by molar-refractivity contribution is -0.153. The third kappa shape index (κ3) is 2.22. The van der Waals surface area contributed by atoms with Crippen molar-refractivity contribution in [3.05, 3.63) is 23.8 Å². The van der Waals surface area contributed by atoms with Gasteiger partial charge in [0.25, 0.3) is 0 Å². The minimum atomic E-state index is -0.769. The number of benzene rings is 1. The molecular weight excluding hydrogens is 258 g/mol. The summed E-state index contributed by atoms with van der Waals surface area (Å²) in [5.41, 5.74) is 0.290. The maximum atomic E-state index is 11.6. The lowest BCUT2D eigenvalue weighted by Gasteiger charge is -2.41. The molecule has 0 aromatic heterocycles. The summed E-state index contributed by atoms with van der Waals surface area (Å²) in [4.78, 5) is 13.6. The Morgan fingerprint density at radius 1 is 1.35 bits per heavy atom. The maximum Gasteiger partial charge on any atom is 0.323 e. The maximum absolute atomic E-state index is 11.6. The Morgan fingerprint density at radius 3 is 2.95 bits per heavy atom. The van der Waals surface area contributed by atoms with Gasteiger partial charge in [0.2, 0.25) is 6.79 Å². The molecule has 1 aromatic carbocycles. The molecule has 2 aliphatic rings. The molecule has 0 aliphatic carbocycles. The van der Waals surface area contributed by atoms with Crippen LogP contribution in [0.4, 0.5) is 0 Å². The predicted molar refractivity (Wildman–Crippen MR) is 72.9 cm³/mol. The third-order valence-electron chi connectivity index (χ3n) is 4.31. The molecule has 3 rings (SSSR count). The third-order valence-corrected chi connectivity index (χ3v) is 4.31. The molecule has 1 aromatic rings. The van der Waals surface area contributed by atoms with E-state index in [2.05, 4.69) is 4.90 Å². The Kier molecular flexibility index (Phi) is 3.30. The van der Waals surface area contributed by atoms with E-state index in [0.29, 0.717) is 13.0 Å². The molecule has 0 amide bonds. The van der Waals surface area contributed by atoms with E-state index >= 15 is 0 Å². The smallest absolute Gasteiger partial charge is 0.323 e. The fraction of sp³-hybridized carbons (Fsp3) is 0.533. The molecule has 1 unspecified atom stereocenters. The first-order valence-electron chi connectivity index (χ1n) is 6.96. The number of hydrogen-bond acceptors (Lipinski definition) is 4. The summed E-state index contributed by atoms with van der Waals surface area (Å²) < 4.78 is 10.7. The highest BCUT2D eigenvalue weighted by molar-refractivity contribution is 5.78. The largest absolute Gasteiger partial charge is 0.480 e. The zero-order chi connectivity index (χ0) is 14.2. The zero-order valence-corrected chi connectivity index (χ0v) is 11.6. The number of fused-ring (bicyclic) bond motifs is 1. The lowest BCUT2D eigenvalue weighted by Crippen LogP contribution is -2.54. The number of hydrogen-bond donors (Lipinski definition) is 1. The van der Waals surface area contributed by atoms with Crippen molar-refractivity contribution in [2.24, 2.45) is 0 Å². The highest BCUT2D eigenvalue weighted by Gasteiger charge is 2.41. The van der Waals surface area contributed by atoms with E-state index in [0.717, 1.165) is 36.4 Å². The molecule has 2 aliphatic heterocycles. The second-order valence-electron chi connectivity index (χ2n) is 5.65. The van der Waals surface area contributed by atoms with Crippen molar-refractivity contribution in [1.29, 1.82) is 0 Å². The molecule has 1 saturated heterocycles. The van der Waals surface area contributed by atoms with E-state index in [9.17, 15) is 9.90 Å². The summed E-state index contributed by atoms with van der Waals surface area (Å²) >= 11 is 0. The molecule has 108 valence electrons. The van der Waals surface area contributed by atoms with Gasteiger partial charge in [-0.1, -0.05) is 6.07 Å². The molecule has 0 saturated carbocycles. The highest BCUT2D eigenvalue weighted by Crippen LogP contribution is 2.35. The number of carboxylic acids is 1. The van der Waals surface area contributed by atoms with Gasteiger partial charge in [0, 0.05) is 6.54 Å². The van der Waals surface area contributed by atoms with Crippen LogP contribution in [0.3, 0.4) is 0 Å². The van der Waals surface area contributed by atoms with Crippen LogP contribution in [0.25, 0.3) is 0 Å². The molecule has 5 heteroatoms. The van der Waals surface area contributed by atoms with Gasteiger partial charge in [-0.15, -0.1) is 0 Å². The van der Waals surface area contributed by atoms with Gasteiger partial charge >= 0.3 is 5.97 Å². The molecule has 20 heavy (non-hydrogen) atoms. The second kappa shape index (κ2) is 4.98. The molecular formula is C15H19NO4. The van der Waals surface area contributed by atoms with Crippen molar-refractivity contribution in [1.82, 2.24) is 4.90 Å². The Balaban J connectivity index is 1.80. The summed E-state index contributed by atoms with van der Waals surface area (Å²) in [5, 5.41) is 9.51. The van der Waals surface area contributed by atoms with E-state index in [1.807, 2.05) is 25.1 Å². The normalized spacial score (nSPS) is 25.6. The van der Waals surface area contributed by atoms with Crippen LogP contribution >= 0.6 is 0 Å². The first-order chi connectivity index (χ1) is 9.59. The average molecular weight is 277 g/mol. The first kappa shape index (κ1) is 13.2. The van der Waals surface area contributed by atoms with Gasteiger partial charge in [0.1, 0.15) is 5.54 Å². The van der Waals surface area contributed by atoms with Crippen LogP contribution in [0.1, 0.15) is 31.7 Å². The first-order valence-corrected chi connectivity index (χ1v) is 6.96. The molecule has 2 heterocycles. The van der Waals surface area contributed by atoms with E-state index in [1.165, 1.54) is 0 Å². The van der Waals surface area contributed by atoms with Gasteiger partial charge < -0.3 is 14.6 Å². The number of ether oxygens (including phenoxy) is 2. The van der Waals surface area contributed by atoms with Gasteiger partial charge in [0.05, 0.1) is 0 Å². The number of aliphatic carboxylic acids is 1. The minimum Gasteiger partial charge on any atom is -0.480 e. The van der Waals surface area contributed by atoms with Gasteiger partial charge in [0.15, 0.2) is 11.5 Å². The Bertz CT molecular complexity index is 531. The van der Waals surface area contributed by atoms with Crippen molar-refractivity contribution in [3.8, 4) is 11.5 Å². The van der Waals surface area contributed by atoms with Crippen molar-refractivity contribution in [2.75, 3.05) is 13.3 Å². The summed E-state index contributed by atoms with van der Waals surface area (Å²) in [5.74, 6) is 0.767. The summed E-state index contributed by atoms with van der Waals surface area (Å²) in [6.45, 7) is 3.52. The summed E-state index contributed by atoms with van der Waals surface area (Å²) in [7, 11) is 0. The topological polar surface area (TPSA) is 59.0 Å². The van der Waals surface area contributed by atoms with Crippen LogP contribution in [0.15, 0.2) is 18.2 Å². The van der Waals surface area contributed by atoms with Crippen molar-refractivity contribution >= 4 is 5.97 Å². The van der Waals surface area contributed by atoms with E-state index in [4.69, 9.17) is 9.47 Å². The van der Waals surface area contributed by atoms with Gasteiger partial charge in [-0.2, -0.15) is 0 Å². The Hall–Kier alpha value is -1.75. The summed E-state index contributed by atoms with van der Waals surface area (Å²) in [6, 6.07) is 5.81. The Labute approximate surface area is 118 Å². The van der Waals surface area contributed by atoms with Crippen molar-refractivity contribution < 1.29 is 19.4 Å². The predicted octanol–water partition coefficient (Wildman–Crippen LogP) is 2.24. The Morgan fingerprint density at radius 2 is 2.15 bits per heavy atom. The van der Waals surface area contributed by atoms with Crippen LogP contribution < -0.4 is 9.47 Å². The number of nitrogens with zero attached hydrogens (tertiary/aromatic N) is 1. The molecule has 1 N–H and O–H groups in total. The monoisotopic (exact) mass is 277 g/mol. The molecule has 5 nitrogen and oxygen atoms in total. The number of rotatable bonds is 3. The fourth-order valence-electron chi connectivity index (χ4n) is 2.93. The molecule has 0 spiro atoms. The number of carboxylic acid groups (broad SMARTS) is 1. The van der Waals surface area contributed by atoms with Gasteiger partial charge in [-0.25, -0.2) is 0 Å². The summed E-state index contributed by atoms with van der Waals surface area (Å²) in [6.07, 6.45) is 2.72. The van der Waals surface area contributed by atoms with Crippen molar-refractivity contribution in [3.63, 3.8) is 0 Å². The fourth-order valence-corrected chi connectivity index (χ4v) is 2.93. The highest BCUT2D eigenvalue weighted by atomic mass is 16.7. The van der Waals surface area contributed by atoms with Crippen molar-refractivity contribution in [2.45, 2.75) is 38.3 Å². The standard InChI is InChI=1S/C15H19NO4/c1-15(14(17)18)6-2-3-7-16(15)9-11-4-5-12-13(8-11)20-10-19-12/h4-5,8H,2-3,6-7,9-10H2,1H3,(H,17,18). The second-order valence-corrected chi connectivity index (χ2v) is 5.65. The van der Waals surface area contributed by atoms with Crippen LogP contribution in [0.2, 0.25) is 0 Å². The van der Waals surface area contributed by atoms with Gasteiger partial charge in [-0.05, 0) is 50.4 Å². The molecule has 1 atom stereocenters. The van der Waals surface area contributed by atoms with E-state index in [-0.39, 0.29) is 6.79 Å². The number of piperidine rings is 1. The quantitative estimate of drug-likeness (QED) is 0.918. The van der Waals surface area contributed by atoms with Crippen LogP contribution in [-0.2, 0) is 11.3 Å². The van der Waals surface area contributed by atoms with Gasteiger partial charge in [-0.3, -0.25) is 9.69 Å². The lowest BCUT2D eigenvalue weighted by atomic mass is 9.88. The number of carbonyl (C=O) groups is 1. The number of likely N-dealkylation sites (tertiary alicyclic amines) is 1. The van der Waals surface area contributed by atoms with E-state index < -0.39 is 11.5 Å². The molecule has 0 bridgehead atoms.